The molecule has 1 atom stereocenters. The van der Waals surface area contributed by atoms with Gasteiger partial charge in [-0.3, -0.25) is 14.6 Å². The zero-order valence-electron chi connectivity index (χ0n) is 16.2. The van der Waals surface area contributed by atoms with Crippen LogP contribution in [0, 0.1) is 0 Å². The number of hydrogen-bond donors (Lipinski definition) is 3. The molecule has 0 saturated heterocycles. The molecule has 6 heteroatoms. The second kappa shape index (κ2) is 12.4. The van der Waals surface area contributed by atoms with Crippen LogP contribution < -0.4 is 10.6 Å². The molecule has 2 rings (SSSR count). The van der Waals surface area contributed by atoms with E-state index in [9.17, 15) is 14.7 Å². The summed E-state index contributed by atoms with van der Waals surface area (Å²) in [5, 5.41) is 15.2. The highest BCUT2D eigenvalue weighted by Crippen LogP contribution is 2.17. The average Bonchev–Trinajstić information content (AvgIpc) is 2.68. The summed E-state index contributed by atoms with van der Waals surface area (Å²) in [5.41, 5.74) is 0.419. The van der Waals surface area contributed by atoms with Gasteiger partial charge in [0, 0.05) is 24.0 Å². The number of carbonyl (C=O) groups excluding carboxylic acids is 2. The number of rotatable bonds is 5. The third-order valence-electron chi connectivity index (χ3n) is 5.20. The first-order chi connectivity index (χ1) is 13.2. The summed E-state index contributed by atoms with van der Waals surface area (Å²) in [6.45, 7) is -0.421. The van der Waals surface area contributed by atoms with Gasteiger partial charge in [-0.15, -0.1) is 0 Å². The number of carbonyl (C=O) groups is 2. The van der Waals surface area contributed by atoms with E-state index in [1.807, 2.05) is 0 Å². The van der Waals surface area contributed by atoms with Crippen molar-refractivity contribution < 1.29 is 14.7 Å². The molecular formula is C21H33N3O3. The fourth-order valence-electron chi connectivity index (χ4n) is 3.55. The van der Waals surface area contributed by atoms with E-state index >= 15 is 0 Å². The van der Waals surface area contributed by atoms with Gasteiger partial charge in [0.05, 0.1) is 6.61 Å². The van der Waals surface area contributed by atoms with Crippen molar-refractivity contribution in [1.29, 1.82) is 0 Å². The quantitative estimate of drug-likeness (QED) is 0.738. The smallest absolute Gasteiger partial charge is 0.252 e. The number of hydrogen-bond acceptors (Lipinski definition) is 4. The molecule has 1 fully saturated rings. The van der Waals surface area contributed by atoms with Crippen LogP contribution in [0.4, 0.5) is 0 Å². The van der Waals surface area contributed by atoms with Gasteiger partial charge in [0.15, 0.2) is 0 Å². The minimum atomic E-state index is -0.938. The molecule has 0 radical (unpaired) electrons. The average molecular weight is 376 g/mol. The Balaban J connectivity index is 1.87. The Kier molecular flexibility index (Phi) is 9.84. The Morgan fingerprint density at radius 3 is 2.00 bits per heavy atom. The maximum absolute atomic E-state index is 12.6. The molecule has 0 spiro atoms. The van der Waals surface area contributed by atoms with E-state index in [1.165, 1.54) is 57.3 Å². The molecule has 1 aliphatic carbocycles. The maximum Gasteiger partial charge on any atom is 0.252 e. The molecule has 1 aromatic heterocycles. The largest absolute Gasteiger partial charge is 0.394 e. The second-order valence-corrected chi connectivity index (χ2v) is 7.41. The Morgan fingerprint density at radius 1 is 0.963 bits per heavy atom. The summed E-state index contributed by atoms with van der Waals surface area (Å²) < 4.78 is 0. The number of amides is 2. The zero-order valence-corrected chi connectivity index (χ0v) is 16.2. The highest BCUT2D eigenvalue weighted by Gasteiger charge is 2.23. The normalized spacial score (nSPS) is 18.6. The summed E-state index contributed by atoms with van der Waals surface area (Å²) in [7, 11) is 0. The Morgan fingerprint density at radius 2 is 1.48 bits per heavy atom. The van der Waals surface area contributed by atoms with Crippen LogP contribution in [0.1, 0.15) is 81.0 Å². The number of nitrogens with zero attached hydrogens (tertiary/aromatic N) is 1. The number of aliphatic hydroxyl groups excluding tert-OH is 1. The van der Waals surface area contributed by atoms with E-state index in [0.29, 0.717) is 5.56 Å². The van der Waals surface area contributed by atoms with E-state index in [2.05, 4.69) is 15.6 Å². The first kappa shape index (κ1) is 21.4. The van der Waals surface area contributed by atoms with Crippen LogP contribution in [0.15, 0.2) is 24.5 Å². The molecule has 0 bridgehead atoms. The maximum atomic E-state index is 12.6. The molecule has 1 unspecified atom stereocenters. The highest BCUT2D eigenvalue weighted by atomic mass is 16.3. The molecule has 6 nitrogen and oxygen atoms in total. The molecular weight excluding hydrogens is 342 g/mol. The number of aliphatic hydroxyl groups is 1. The zero-order chi connectivity index (χ0) is 19.3. The van der Waals surface area contributed by atoms with Crippen molar-refractivity contribution in [1.82, 2.24) is 15.6 Å². The van der Waals surface area contributed by atoms with Crippen LogP contribution >= 0.6 is 0 Å². The van der Waals surface area contributed by atoms with Gasteiger partial charge in [0.25, 0.3) is 5.91 Å². The summed E-state index contributed by atoms with van der Waals surface area (Å²) in [6, 6.07) is 2.33. The SMILES string of the molecule is O=C(NC(CO)C(=O)NC1CCCCCCCCCCC1)c1ccncc1. The summed E-state index contributed by atoms with van der Waals surface area (Å²) >= 11 is 0. The first-order valence-electron chi connectivity index (χ1n) is 10.3. The molecule has 1 heterocycles. The van der Waals surface area contributed by atoms with E-state index in [0.717, 1.165) is 25.7 Å². The van der Waals surface area contributed by atoms with Crippen molar-refractivity contribution in [3.05, 3.63) is 30.1 Å². The lowest BCUT2D eigenvalue weighted by molar-refractivity contribution is -0.124. The summed E-state index contributed by atoms with van der Waals surface area (Å²) in [5.74, 6) is -0.692. The van der Waals surface area contributed by atoms with Crippen LogP contribution in [0.2, 0.25) is 0 Å². The van der Waals surface area contributed by atoms with E-state index < -0.39 is 12.6 Å². The fourth-order valence-corrected chi connectivity index (χ4v) is 3.55. The molecule has 150 valence electrons. The molecule has 3 N–H and O–H groups in total. The van der Waals surface area contributed by atoms with Crippen molar-refractivity contribution >= 4 is 11.8 Å². The second-order valence-electron chi connectivity index (χ2n) is 7.41. The van der Waals surface area contributed by atoms with Crippen molar-refractivity contribution in [2.24, 2.45) is 0 Å². The lowest BCUT2D eigenvalue weighted by atomic mass is 9.97. The molecule has 0 aromatic carbocycles. The summed E-state index contributed by atoms with van der Waals surface area (Å²) in [6.07, 6.45) is 16.1. The van der Waals surface area contributed by atoms with E-state index in [4.69, 9.17) is 0 Å². The molecule has 2 amide bonds. The monoisotopic (exact) mass is 375 g/mol. The number of aromatic nitrogens is 1. The minimum absolute atomic E-state index is 0.115. The van der Waals surface area contributed by atoms with Gasteiger partial charge in [-0.2, -0.15) is 0 Å². The van der Waals surface area contributed by atoms with E-state index in [1.54, 1.807) is 12.1 Å². The lowest BCUT2D eigenvalue weighted by Gasteiger charge is -2.23. The minimum Gasteiger partial charge on any atom is -0.394 e. The Hall–Kier alpha value is -1.95. The van der Waals surface area contributed by atoms with Crippen LogP contribution in [0.5, 0.6) is 0 Å². The number of nitrogens with one attached hydrogen (secondary N) is 2. The van der Waals surface area contributed by atoms with Crippen molar-refractivity contribution in [2.45, 2.75) is 82.7 Å². The summed E-state index contributed by atoms with van der Waals surface area (Å²) in [4.78, 5) is 28.7. The van der Waals surface area contributed by atoms with Crippen LogP contribution in [-0.2, 0) is 4.79 Å². The highest BCUT2D eigenvalue weighted by molar-refractivity contribution is 5.97. The molecule has 27 heavy (non-hydrogen) atoms. The number of pyridine rings is 1. The fraction of sp³-hybridized carbons (Fsp3) is 0.667. The Labute approximate surface area is 162 Å². The van der Waals surface area contributed by atoms with Gasteiger partial charge in [-0.1, -0.05) is 57.8 Å². The first-order valence-corrected chi connectivity index (χ1v) is 10.3. The lowest BCUT2D eigenvalue weighted by Crippen LogP contribution is -2.51. The van der Waals surface area contributed by atoms with Gasteiger partial charge in [-0.25, -0.2) is 0 Å². The van der Waals surface area contributed by atoms with Crippen molar-refractivity contribution in [2.75, 3.05) is 6.61 Å². The van der Waals surface area contributed by atoms with Crippen LogP contribution in [-0.4, -0.2) is 40.6 Å². The van der Waals surface area contributed by atoms with Crippen LogP contribution in [0.3, 0.4) is 0 Å². The molecule has 1 saturated carbocycles. The standard InChI is InChI=1S/C21H33N3O3/c25-16-19(24-20(26)17-12-14-22-15-13-17)21(27)23-18-10-8-6-4-2-1-3-5-7-9-11-18/h12-15,18-19,25H,1-11,16H2,(H,23,27)(H,24,26). The van der Waals surface area contributed by atoms with Crippen molar-refractivity contribution in [3.63, 3.8) is 0 Å². The van der Waals surface area contributed by atoms with Gasteiger partial charge >= 0.3 is 0 Å². The Bertz CT molecular complexity index is 553. The topological polar surface area (TPSA) is 91.3 Å². The van der Waals surface area contributed by atoms with Gasteiger partial charge < -0.3 is 15.7 Å². The van der Waals surface area contributed by atoms with Gasteiger partial charge in [0.2, 0.25) is 5.91 Å². The van der Waals surface area contributed by atoms with Crippen molar-refractivity contribution in [3.8, 4) is 0 Å². The predicted octanol–water partition coefficient (Wildman–Crippen LogP) is 2.96. The predicted molar refractivity (Wildman–Crippen MR) is 105 cm³/mol. The van der Waals surface area contributed by atoms with E-state index in [-0.39, 0.29) is 17.9 Å². The third kappa shape index (κ3) is 8.08. The van der Waals surface area contributed by atoms with Gasteiger partial charge in [0.1, 0.15) is 6.04 Å². The molecule has 1 aromatic rings. The molecule has 0 aliphatic heterocycles. The van der Waals surface area contributed by atoms with Gasteiger partial charge in [-0.05, 0) is 25.0 Å². The van der Waals surface area contributed by atoms with Crippen LogP contribution in [0.25, 0.3) is 0 Å². The third-order valence-corrected chi connectivity index (χ3v) is 5.20. The molecule has 1 aliphatic rings.